The van der Waals surface area contributed by atoms with Gasteiger partial charge in [0.25, 0.3) is 5.69 Å². The van der Waals surface area contributed by atoms with Crippen molar-refractivity contribution in [3.05, 3.63) is 39.9 Å². The van der Waals surface area contributed by atoms with Crippen molar-refractivity contribution >= 4 is 11.7 Å². The van der Waals surface area contributed by atoms with Gasteiger partial charge in [-0.25, -0.2) is 0 Å². The standard InChI is InChI=1S/C14H20N2O4/c1-5-15(14(3,4)13(17)18)10(2)11-6-8-12(9-7-11)16(19)20/h6-10H,5H2,1-4H3,(H,17,18). The molecule has 1 aromatic rings. The van der Waals surface area contributed by atoms with Crippen LogP contribution in [0.2, 0.25) is 0 Å². The van der Waals surface area contributed by atoms with Crippen molar-refractivity contribution in [2.75, 3.05) is 6.54 Å². The van der Waals surface area contributed by atoms with Gasteiger partial charge in [-0.15, -0.1) is 0 Å². The maximum absolute atomic E-state index is 11.4. The van der Waals surface area contributed by atoms with Gasteiger partial charge in [-0.05, 0) is 32.9 Å². The summed E-state index contributed by atoms with van der Waals surface area (Å²) in [6.45, 7) is 7.67. The molecule has 0 amide bonds. The molecule has 110 valence electrons. The Balaban J connectivity index is 3.05. The summed E-state index contributed by atoms with van der Waals surface area (Å²) in [7, 11) is 0. The normalized spacial score (nSPS) is 13.2. The van der Waals surface area contributed by atoms with Crippen molar-refractivity contribution in [1.29, 1.82) is 0 Å². The number of carboxylic acids is 1. The van der Waals surface area contributed by atoms with Crippen molar-refractivity contribution in [3.8, 4) is 0 Å². The number of non-ortho nitro benzene ring substituents is 1. The zero-order chi connectivity index (χ0) is 15.5. The average molecular weight is 280 g/mol. The molecular weight excluding hydrogens is 260 g/mol. The van der Waals surface area contributed by atoms with Crippen LogP contribution < -0.4 is 0 Å². The Labute approximate surface area is 118 Å². The molecule has 0 heterocycles. The van der Waals surface area contributed by atoms with Gasteiger partial charge >= 0.3 is 5.97 Å². The van der Waals surface area contributed by atoms with Crippen LogP contribution in [0.15, 0.2) is 24.3 Å². The quantitative estimate of drug-likeness (QED) is 0.640. The number of hydrogen-bond acceptors (Lipinski definition) is 4. The number of rotatable bonds is 6. The Kier molecular flexibility index (Phi) is 4.83. The van der Waals surface area contributed by atoms with E-state index in [9.17, 15) is 20.0 Å². The highest BCUT2D eigenvalue weighted by atomic mass is 16.6. The zero-order valence-corrected chi connectivity index (χ0v) is 12.2. The Morgan fingerprint density at radius 2 is 1.90 bits per heavy atom. The number of aliphatic carboxylic acids is 1. The van der Waals surface area contributed by atoms with E-state index < -0.39 is 16.4 Å². The Morgan fingerprint density at radius 3 is 2.25 bits per heavy atom. The minimum atomic E-state index is -1.00. The molecule has 20 heavy (non-hydrogen) atoms. The monoisotopic (exact) mass is 280 g/mol. The molecule has 1 atom stereocenters. The number of carbonyl (C=O) groups is 1. The van der Waals surface area contributed by atoms with E-state index in [0.717, 1.165) is 5.56 Å². The summed E-state index contributed by atoms with van der Waals surface area (Å²) in [5.74, 6) is -0.895. The summed E-state index contributed by atoms with van der Waals surface area (Å²) in [5, 5.41) is 20.0. The SMILES string of the molecule is CCN(C(C)c1ccc([N+](=O)[O-])cc1)C(C)(C)C(=O)O. The summed E-state index contributed by atoms with van der Waals surface area (Å²) >= 11 is 0. The molecular formula is C14H20N2O4. The van der Waals surface area contributed by atoms with Crippen LogP contribution in [-0.2, 0) is 4.79 Å². The van der Waals surface area contributed by atoms with E-state index in [0.29, 0.717) is 6.54 Å². The second-order valence-corrected chi connectivity index (χ2v) is 5.17. The third kappa shape index (κ3) is 3.14. The molecule has 0 fully saturated rings. The van der Waals surface area contributed by atoms with Crippen molar-refractivity contribution < 1.29 is 14.8 Å². The number of nitro groups is 1. The molecule has 1 rings (SSSR count). The highest BCUT2D eigenvalue weighted by Gasteiger charge is 2.36. The van der Waals surface area contributed by atoms with Crippen LogP contribution in [0, 0.1) is 10.1 Å². The van der Waals surface area contributed by atoms with Crippen molar-refractivity contribution in [3.63, 3.8) is 0 Å². The minimum absolute atomic E-state index is 0.0292. The summed E-state index contributed by atoms with van der Waals surface area (Å²) < 4.78 is 0. The first-order valence-electron chi connectivity index (χ1n) is 6.46. The van der Waals surface area contributed by atoms with Gasteiger partial charge in [0, 0.05) is 18.2 Å². The summed E-state index contributed by atoms with van der Waals surface area (Å²) in [6.07, 6.45) is 0. The van der Waals surface area contributed by atoms with E-state index in [1.54, 1.807) is 26.0 Å². The van der Waals surface area contributed by atoms with Crippen molar-refractivity contribution in [1.82, 2.24) is 4.90 Å². The van der Waals surface area contributed by atoms with Crippen LogP contribution >= 0.6 is 0 Å². The van der Waals surface area contributed by atoms with Crippen molar-refractivity contribution in [2.24, 2.45) is 0 Å². The fourth-order valence-electron chi connectivity index (χ4n) is 2.33. The van der Waals surface area contributed by atoms with E-state index >= 15 is 0 Å². The van der Waals surface area contributed by atoms with Gasteiger partial charge in [0.05, 0.1) is 4.92 Å². The highest BCUT2D eigenvalue weighted by Crippen LogP contribution is 2.29. The molecule has 0 aromatic heterocycles. The molecule has 0 aliphatic heterocycles. The van der Waals surface area contributed by atoms with Crippen LogP contribution in [0.4, 0.5) is 5.69 Å². The molecule has 0 radical (unpaired) electrons. The molecule has 6 nitrogen and oxygen atoms in total. The van der Waals surface area contributed by atoms with E-state index in [4.69, 9.17) is 0 Å². The van der Waals surface area contributed by atoms with E-state index in [2.05, 4.69) is 0 Å². The fourth-order valence-corrected chi connectivity index (χ4v) is 2.33. The second kappa shape index (κ2) is 6.00. The molecule has 0 saturated heterocycles. The van der Waals surface area contributed by atoms with E-state index in [1.807, 2.05) is 18.7 Å². The number of hydrogen-bond donors (Lipinski definition) is 1. The number of benzene rings is 1. The lowest BCUT2D eigenvalue weighted by Crippen LogP contribution is -2.50. The molecule has 1 aromatic carbocycles. The average Bonchev–Trinajstić information content (AvgIpc) is 2.39. The smallest absolute Gasteiger partial charge is 0.323 e. The first-order valence-corrected chi connectivity index (χ1v) is 6.46. The largest absolute Gasteiger partial charge is 0.480 e. The topological polar surface area (TPSA) is 83.7 Å². The molecule has 0 aliphatic carbocycles. The number of nitrogens with zero attached hydrogens (tertiary/aromatic N) is 2. The van der Waals surface area contributed by atoms with Gasteiger partial charge in [-0.1, -0.05) is 19.1 Å². The molecule has 0 aliphatic rings. The lowest BCUT2D eigenvalue weighted by molar-refractivity contribution is -0.384. The Morgan fingerprint density at radius 1 is 1.40 bits per heavy atom. The third-order valence-electron chi connectivity index (χ3n) is 3.64. The molecule has 6 heteroatoms. The van der Waals surface area contributed by atoms with Crippen LogP contribution in [0.5, 0.6) is 0 Å². The van der Waals surface area contributed by atoms with Gasteiger partial charge in [0.2, 0.25) is 0 Å². The van der Waals surface area contributed by atoms with Gasteiger partial charge in [0.1, 0.15) is 5.54 Å². The highest BCUT2D eigenvalue weighted by molar-refractivity contribution is 5.77. The van der Waals surface area contributed by atoms with Gasteiger partial charge < -0.3 is 5.11 Å². The molecule has 1 unspecified atom stereocenters. The Hall–Kier alpha value is -1.95. The van der Waals surface area contributed by atoms with E-state index in [1.165, 1.54) is 12.1 Å². The minimum Gasteiger partial charge on any atom is -0.480 e. The number of nitro benzene ring substituents is 1. The zero-order valence-electron chi connectivity index (χ0n) is 12.2. The summed E-state index contributed by atoms with van der Waals surface area (Å²) in [6, 6.07) is 6.07. The molecule has 0 spiro atoms. The third-order valence-corrected chi connectivity index (χ3v) is 3.64. The van der Waals surface area contributed by atoms with Crippen molar-refractivity contribution in [2.45, 2.75) is 39.3 Å². The molecule has 0 bridgehead atoms. The predicted molar refractivity (Wildman–Crippen MR) is 75.6 cm³/mol. The first kappa shape index (κ1) is 16.1. The molecule has 1 N–H and O–H groups in total. The lowest BCUT2D eigenvalue weighted by Gasteiger charge is -2.39. The number of likely N-dealkylation sites (N-methyl/N-ethyl adjacent to an activating group) is 1. The van der Waals surface area contributed by atoms with Gasteiger partial charge in [0.15, 0.2) is 0 Å². The van der Waals surface area contributed by atoms with Crippen LogP contribution in [0.3, 0.4) is 0 Å². The van der Waals surface area contributed by atoms with Crippen LogP contribution in [0.1, 0.15) is 39.3 Å². The first-order chi connectivity index (χ1) is 9.21. The maximum Gasteiger partial charge on any atom is 0.323 e. The van der Waals surface area contributed by atoms with Crippen LogP contribution in [0.25, 0.3) is 0 Å². The maximum atomic E-state index is 11.4. The second-order valence-electron chi connectivity index (χ2n) is 5.17. The summed E-state index contributed by atoms with van der Waals surface area (Å²) in [4.78, 5) is 23.4. The van der Waals surface area contributed by atoms with E-state index in [-0.39, 0.29) is 11.7 Å². The fraction of sp³-hybridized carbons (Fsp3) is 0.500. The summed E-state index contributed by atoms with van der Waals surface area (Å²) in [5.41, 5.74) is -0.121. The lowest BCUT2D eigenvalue weighted by atomic mass is 9.97. The van der Waals surface area contributed by atoms with Gasteiger partial charge in [-0.2, -0.15) is 0 Å². The molecule has 0 saturated carbocycles. The van der Waals surface area contributed by atoms with Crippen LogP contribution in [-0.4, -0.2) is 33.0 Å². The predicted octanol–water partition coefficient (Wildman–Crippen LogP) is 2.84. The van der Waals surface area contributed by atoms with Gasteiger partial charge in [-0.3, -0.25) is 19.8 Å². The Bertz CT molecular complexity index is 496. The number of carboxylic acid groups (broad SMARTS) is 1.